The van der Waals surface area contributed by atoms with Crippen LogP contribution in [0.4, 0.5) is 0 Å². The van der Waals surface area contributed by atoms with Crippen molar-refractivity contribution < 1.29 is 83.0 Å². The molecule has 0 saturated heterocycles. The van der Waals surface area contributed by atoms with Crippen LogP contribution in [0.1, 0.15) is 20.8 Å². The molecule has 0 heterocycles. The molecule has 0 rings (SSSR count). The van der Waals surface area contributed by atoms with Gasteiger partial charge in [0.2, 0.25) is 0 Å². The van der Waals surface area contributed by atoms with Gasteiger partial charge in [-0.3, -0.25) is 0 Å². The molecule has 108 valence electrons. The van der Waals surface area contributed by atoms with Crippen LogP contribution in [0.15, 0.2) is 0 Å². The van der Waals surface area contributed by atoms with Crippen molar-refractivity contribution in [2.24, 2.45) is 0 Å². The predicted octanol–water partition coefficient (Wildman–Crippen LogP) is -6.21. The second-order valence-corrected chi connectivity index (χ2v) is 1.47. The van der Waals surface area contributed by atoms with Crippen LogP contribution in [0.3, 0.4) is 0 Å². The average molecular weight is 406 g/mol. The van der Waals surface area contributed by atoms with Crippen LogP contribution in [0.5, 0.6) is 0 Å². The first-order valence-electron chi connectivity index (χ1n) is 2.72. The van der Waals surface area contributed by atoms with Crippen LogP contribution < -0.4 is 15.3 Å². The molecule has 9 nitrogen and oxygen atoms in total. The Morgan fingerprint density at radius 1 is 0.625 bits per heavy atom. The van der Waals surface area contributed by atoms with Crippen molar-refractivity contribution in [3.8, 4) is 0 Å². The Balaban J connectivity index is -0.0000000135. The molecule has 0 amide bonds. The standard InChI is InChI=1S/3C2H4O2.Lu.3H2O/c3*1-2(3)4;;;;/h3*1H3,(H,3,4);;3*1H2/q;;;+3;;;/p-3. The molecule has 16 heavy (non-hydrogen) atoms. The van der Waals surface area contributed by atoms with E-state index in [2.05, 4.69) is 0 Å². The smallest absolute Gasteiger partial charge is 0.550 e. The van der Waals surface area contributed by atoms with Crippen LogP contribution in [-0.4, -0.2) is 34.3 Å². The second-order valence-electron chi connectivity index (χ2n) is 1.47. The van der Waals surface area contributed by atoms with Gasteiger partial charge in [0.15, 0.2) is 0 Å². The van der Waals surface area contributed by atoms with E-state index >= 15 is 0 Å². The number of aliphatic carboxylic acids is 3. The summed E-state index contributed by atoms with van der Waals surface area (Å²) < 4.78 is 0. The van der Waals surface area contributed by atoms with Gasteiger partial charge in [0, 0.05) is 17.9 Å². The number of carbonyl (C=O) groups is 3. The summed E-state index contributed by atoms with van der Waals surface area (Å²) in [6.45, 7) is 2.92. The van der Waals surface area contributed by atoms with Gasteiger partial charge in [-0.2, -0.15) is 0 Å². The van der Waals surface area contributed by atoms with Gasteiger partial charge < -0.3 is 46.1 Å². The van der Waals surface area contributed by atoms with E-state index in [9.17, 15) is 0 Å². The van der Waals surface area contributed by atoms with Gasteiger partial charge in [-0.15, -0.1) is 0 Å². The van der Waals surface area contributed by atoms with E-state index in [0.29, 0.717) is 0 Å². The summed E-state index contributed by atoms with van der Waals surface area (Å²) in [7, 11) is 0. The van der Waals surface area contributed by atoms with Crippen molar-refractivity contribution in [3.05, 3.63) is 0 Å². The first-order chi connectivity index (χ1) is 5.20. The zero-order chi connectivity index (χ0) is 10.7. The molecular formula is C6H15LuO9. The number of carbonyl (C=O) groups excluding carboxylic acids is 3. The van der Waals surface area contributed by atoms with Crippen LogP contribution in [0, 0.1) is 36.9 Å². The molecular weight excluding hydrogens is 391 g/mol. The zero-order valence-electron chi connectivity index (χ0n) is 8.71. The molecule has 0 aromatic rings. The molecule has 0 aliphatic heterocycles. The summed E-state index contributed by atoms with van der Waals surface area (Å²) in [5.74, 6) is -3.25. The summed E-state index contributed by atoms with van der Waals surface area (Å²) >= 11 is 0. The first-order valence-corrected chi connectivity index (χ1v) is 2.72. The topological polar surface area (TPSA) is 215 Å². The first kappa shape index (κ1) is 45.1. The molecule has 0 saturated carbocycles. The Hall–Kier alpha value is -0.476. The molecule has 0 aliphatic rings. The summed E-state index contributed by atoms with van der Waals surface area (Å²) in [4.78, 5) is 26.7. The van der Waals surface area contributed by atoms with Crippen molar-refractivity contribution in [3.63, 3.8) is 0 Å². The van der Waals surface area contributed by atoms with E-state index < -0.39 is 17.9 Å². The van der Waals surface area contributed by atoms with Crippen LogP contribution in [-0.2, 0) is 14.4 Å². The van der Waals surface area contributed by atoms with Crippen molar-refractivity contribution in [2.75, 3.05) is 0 Å². The van der Waals surface area contributed by atoms with Crippen molar-refractivity contribution >= 4 is 17.9 Å². The summed E-state index contributed by atoms with van der Waals surface area (Å²) in [5, 5.41) is 26.7. The fraction of sp³-hybridized carbons (Fsp3) is 0.500. The predicted molar refractivity (Wildman–Crippen MR) is 42.9 cm³/mol. The van der Waals surface area contributed by atoms with E-state index in [0.717, 1.165) is 20.8 Å². The second kappa shape index (κ2) is 36.6. The molecule has 0 fully saturated rings. The SMILES string of the molecule is CC(=O)[O-].CC(=O)[O-].CC(=O)[O-].O.O.O.[Lu+3]. The quantitative estimate of drug-likeness (QED) is 0.381. The van der Waals surface area contributed by atoms with Crippen LogP contribution in [0.2, 0.25) is 0 Å². The molecule has 0 bridgehead atoms. The van der Waals surface area contributed by atoms with Gasteiger partial charge in [-0.05, 0) is 20.8 Å². The Bertz CT molecular complexity index is 118. The Morgan fingerprint density at radius 2 is 0.625 bits per heavy atom. The summed E-state index contributed by atoms with van der Waals surface area (Å²) in [5.41, 5.74) is 0. The van der Waals surface area contributed by atoms with Gasteiger partial charge in [0.25, 0.3) is 0 Å². The molecule has 0 unspecified atom stereocenters. The Morgan fingerprint density at radius 3 is 0.625 bits per heavy atom. The van der Waals surface area contributed by atoms with E-state index in [1.807, 2.05) is 0 Å². The minimum atomic E-state index is -1.08. The number of rotatable bonds is 0. The van der Waals surface area contributed by atoms with Gasteiger partial charge in [0.05, 0.1) is 0 Å². The number of carboxylic acids is 3. The van der Waals surface area contributed by atoms with Gasteiger partial charge in [-0.25, -0.2) is 0 Å². The minimum Gasteiger partial charge on any atom is -0.550 e. The molecule has 0 aliphatic carbocycles. The number of carboxylic acid groups (broad SMARTS) is 3. The molecule has 6 N–H and O–H groups in total. The Kier molecular flexibility index (Phi) is 103. The van der Waals surface area contributed by atoms with Crippen molar-refractivity contribution in [1.82, 2.24) is 0 Å². The van der Waals surface area contributed by atoms with E-state index in [1.165, 1.54) is 0 Å². The normalized spacial score (nSPS) is 4.69. The fourth-order valence-corrected chi connectivity index (χ4v) is 0. The van der Waals surface area contributed by atoms with Crippen LogP contribution in [0.25, 0.3) is 0 Å². The van der Waals surface area contributed by atoms with Gasteiger partial charge in [-0.1, -0.05) is 0 Å². The zero-order valence-corrected chi connectivity index (χ0v) is 10.4. The fourth-order valence-electron chi connectivity index (χ4n) is 0. The maximum absolute atomic E-state index is 8.89. The van der Waals surface area contributed by atoms with Gasteiger partial charge >= 0.3 is 36.9 Å². The summed E-state index contributed by atoms with van der Waals surface area (Å²) in [6, 6.07) is 0. The molecule has 0 aromatic heterocycles. The Labute approximate surface area is 121 Å². The van der Waals surface area contributed by atoms with Crippen molar-refractivity contribution in [2.45, 2.75) is 20.8 Å². The van der Waals surface area contributed by atoms with Crippen molar-refractivity contribution in [1.29, 1.82) is 0 Å². The molecule has 0 radical (unpaired) electrons. The third-order valence-corrected chi connectivity index (χ3v) is 0. The number of hydrogen-bond donors (Lipinski definition) is 0. The average Bonchev–Trinajstić information content (AvgIpc) is 1.54. The maximum Gasteiger partial charge on any atom is 3.00 e. The summed E-state index contributed by atoms with van der Waals surface area (Å²) in [6.07, 6.45) is 0. The molecule has 10 heteroatoms. The van der Waals surface area contributed by atoms with E-state index in [4.69, 9.17) is 29.7 Å². The monoisotopic (exact) mass is 406 g/mol. The molecule has 0 aromatic carbocycles. The van der Waals surface area contributed by atoms with Gasteiger partial charge in [0.1, 0.15) is 0 Å². The minimum absolute atomic E-state index is 0. The number of hydrogen-bond acceptors (Lipinski definition) is 6. The molecule has 0 spiro atoms. The van der Waals surface area contributed by atoms with E-state index in [-0.39, 0.29) is 53.3 Å². The van der Waals surface area contributed by atoms with Crippen LogP contribution >= 0.6 is 0 Å². The largest absolute Gasteiger partial charge is 3.00 e. The molecule has 0 atom stereocenters. The third kappa shape index (κ3) is 9350. The van der Waals surface area contributed by atoms with E-state index in [1.54, 1.807) is 0 Å². The third-order valence-electron chi connectivity index (χ3n) is 0. The maximum atomic E-state index is 8.89.